The number of carbonyl (C=O) groups is 2. The number of ketones is 1. The van der Waals surface area contributed by atoms with E-state index in [2.05, 4.69) is 10.3 Å². The SMILES string of the molecule is CCC1(C(=O)c2cccnc2NC(=O)OC(C)(C)C)CC1. The summed E-state index contributed by atoms with van der Waals surface area (Å²) >= 11 is 0. The fourth-order valence-corrected chi connectivity index (χ4v) is 2.27. The number of nitrogens with one attached hydrogen (secondary N) is 1. The average Bonchev–Trinajstić information content (AvgIpc) is 3.17. The van der Waals surface area contributed by atoms with Gasteiger partial charge in [-0.3, -0.25) is 10.1 Å². The lowest BCUT2D eigenvalue weighted by molar-refractivity contribution is 0.0635. The largest absolute Gasteiger partial charge is 0.444 e. The summed E-state index contributed by atoms with van der Waals surface area (Å²) < 4.78 is 5.20. The Kier molecular flexibility index (Phi) is 4.03. The number of aromatic nitrogens is 1. The molecule has 0 aromatic carbocycles. The molecule has 0 unspecified atom stereocenters. The third kappa shape index (κ3) is 3.60. The molecule has 1 aromatic rings. The summed E-state index contributed by atoms with van der Waals surface area (Å²) in [6.45, 7) is 7.37. The molecule has 5 heteroatoms. The minimum atomic E-state index is -0.600. The smallest absolute Gasteiger partial charge is 0.413 e. The van der Waals surface area contributed by atoms with Gasteiger partial charge in [0.05, 0.1) is 5.56 Å². The first-order chi connectivity index (χ1) is 9.77. The third-order valence-corrected chi connectivity index (χ3v) is 3.68. The van der Waals surface area contributed by atoms with E-state index in [4.69, 9.17) is 4.74 Å². The highest BCUT2D eigenvalue weighted by Crippen LogP contribution is 2.51. The number of nitrogens with zero attached hydrogens (tertiary/aromatic N) is 1. The molecule has 0 bridgehead atoms. The van der Waals surface area contributed by atoms with Crippen molar-refractivity contribution in [2.24, 2.45) is 5.41 Å². The van der Waals surface area contributed by atoms with Gasteiger partial charge in [0.2, 0.25) is 0 Å². The van der Waals surface area contributed by atoms with E-state index >= 15 is 0 Å². The summed E-state index contributed by atoms with van der Waals surface area (Å²) in [6, 6.07) is 3.41. The Hall–Kier alpha value is -1.91. The number of Topliss-reactive ketones (excluding diaryl/α,β-unsaturated/α-hetero) is 1. The monoisotopic (exact) mass is 290 g/mol. The first-order valence-electron chi connectivity index (χ1n) is 7.27. The maximum atomic E-state index is 12.6. The number of pyridine rings is 1. The summed E-state index contributed by atoms with van der Waals surface area (Å²) in [7, 11) is 0. The average molecular weight is 290 g/mol. The Bertz CT molecular complexity index is 557. The van der Waals surface area contributed by atoms with Gasteiger partial charge in [-0.25, -0.2) is 9.78 Å². The second-order valence-electron chi connectivity index (χ2n) is 6.49. The van der Waals surface area contributed by atoms with E-state index in [-0.39, 0.29) is 17.0 Å². The van der Waals surface area contributed by atoms with Gasteiger partial charge in [-0.2, -0.15) is 0 Å². The van der Waals surface area contributed by atoms with Gasteiger partial charge in [0.25, 0.3) is 0 Å². The van der Waals surface area contributed by atoms with Gasteiger partial charge in [-0.05, 0) is 52.2 Å². The molecule has 0 radical (unpaired) electrons. The van der Waals surface area contributed by atoms with Crippen LogP contribution in [0.15, 0.2) is 18.3 Å². The molecule has 0 aliphatic heterocycles. The minimum Gasteiger partial charge on any atom is -0.444 e. The number of anilines is 1. The number of rotatable bonds is 4. The first-order valence-corrected chi connectivity index (χ1v) is 7.27. The number of amides is 1. The van der Waals surface area contributed by atoms with E-state index in [0.29, 0.717) is 5.56 Å². The quantitative estimate of drug-likeness (QED) is 0.856. The van der Waals surface area contributed by atoms with Gasteiger partial charge < -0.3 is 4.74 Å². The molecule has 1 aliphatic carbocycles. The molecule has 1 saturated carbocycles. The van der Waals surface area contributed by atoms with Crippen LogP contribution in [0.1, 0.15) is 57.3 Å². The first kappa shape index (κ1) is 15.5. The van der Waals surface area contributed by atoms with Crippen molar-refractivity contribution in [3.05, 3.63) is 23.9 Å². The van der Waals surface area contributed by atoms with Crippen LogP contribution in [0.2, 0.25) is 0 Å². The molecule has 114 valence electrons. The van der Waals surface area contributed by atoms with E-state index < -0.39 is 11.7 Å². The van der Waals surface area contributed by atoms with Crippen molar-refractivity contribution in [3.63, 3.8) is 0 Å². The van der Waals surface area contributed by atoms with Crippen LogP contribution in [0.3, 0.4) is 0 Å². The standard InChI is InChI=1S/C16H22N2O3/c1-5-16(8-9-16)12(19)11-7-6-10-17-13(11)18-14(20)21-15(2,3)4/h6-7,10H,5,8-9H2,1-4H3,(H,17,18,20). The lowest BCUT2D eigenvalue weighted by Gasteiger charge is -2.20. The number of carbonyl (C=O) groups excluding carboxylic acids is 2. The summed E-state index contributed by atoms with van der Waals surface area (Å²) in [6.07, 6.45) is 3.57. The normalized spacial score (nSPS) is 16.2. The van der Waals surface area contributed by atoms with Crippen molar-refractivity contribution in [1.82, 2.24) is 4.98 Å². The van der Waals surface area contributed by atoms with Crippen molar-refractivity contribution < 1.29 is 14.3 Å². The lowest BCUT2D eigenvalue weighted by Crippen LogP contribution is -2.28. The highest BCUT2D eigenvalue weighted by atomic mass is 16.6. The summed E-state index contributed by atoms with van der Waals surface area (Å²) in [4.78, 5) is 28.6. The zero-order valence-electron chi connectivity index (χ0n) is 13.0. The molecular weight excluding hydrogens is 268 g/mol. The predicted octanol–water partition coefficient (Wildman–Crippen LogP) is 3.80. The molecule has 0 saturated heterocycles. The molecule has 1 fully saturated rings. The van der Waals surface area contributed by atoms with Crippen LogP contribution >= 0.6 is 0 Å². The zero-order chi connectivity index (χ0) is 15.7. The van der Waals surface area contributed by atoms with Crippen molar-refractivity contribution >= 4 is 17.7 Å². The highest BCUT2D eigenvalue weighted by Gasteiger charge is 2.48. The Morgan fingerprint density at radius 3 is 2.57 bits per heavy atom. The van der Waals surface area contributed by atoms with Gasteiger partial charge in [0.1, 0.15) is 11.4 Å². The van der Waals surface area contributed by atoms with Gasteiger partial charge >= 0.3 is 6.09 Å². The topological polar surface area (TPSA) is 68.3 Å². The van der Waals surface area contributed by atoms with Crippen LogP contribution in [-0.4, -0.2) is 22.5 Å². The van der Waals surface area contributed by atoms with Crippen LogP contribution in [-0.2, 0) is 4.74 Å². The molecule has 1 aliphatic rings. The Labute approximate surface area is 125 Å². The summed E-state index contributed by atoms with van der Waals surface area (Å²) in [5.41, 5.74) is -0.389. The molecule has 1 aromatic heterocycles. The maximum absolute atomic E-state index is 12.6. The van der Waals surface area contributed by atoms with Crippen molar-refractivity contribution in [3.8, 4) is 0 Å². The van der Waals surface area contributed by atoms with Crippen molar-refractivity contribution in [2.45, 2.75) is 52.6 Å². The predicted molar refractivity (Wildman–Crippen MR) is 80.4 cm³/mol. The second-order valence-corrected chi connectivity index (χ2v) is 6.49. The highest BCUT2D eigenvalue weighted by molar-refractivity contribution is 6.07. The van der Waals surface area contributed by atoms with Crippen LogP contribution < -0.4 is 5.32 Å². The summed E-state index contributed by atoms with van der Waals surface area (Å²) in [5, 5.41) is 2.58. The van der Waals surface area contributed by atoms with Gasteiger partial charge in [-0.1, -0.05) is 6.92 Å². The molecule has 0 spiro atoms. The van der Waals surface area contributed by atoms with E-state index in [1.54, 1.807) is 39.1 Å². The van der Waals surface area contributed by atoms with Crippen LogP contribution in [0.4, 0.5) is 10.6 Å². The molecule has 1 N–H and O–H groups in total. The third-order valence-electron chi connectivity index (χ3n) is 3.68. The molecule has 5 nitrogen and oxygen atoms in total. The Balaban J connectivity index is 2.18. The zero-order valence-corrected chi connectivity index (χ0v) is 13.0. The van der Waals surface area contributed by atoms with E-state index in [1.807, 2.05) is 6.92 Å². The van der Waals surface area contributed by atoms with Crippen LogP contribution in [0, 0.1) is 5.41 Å². The second kappa shape index (κ2) is 5.47. The van der Waals surface area contributed by atoms with Crippen molar-refractivity contribution in [2.75, 3.05) is 5.32 Å². The fraction of sp³-hybridized carbons (Fsp3) is 0.562. The number of ether oxygens (including phenoxy) is 1. The minimum absolute atomic E-state index is 0.0594. The lowest BCUT2D eigenvalue weighted by atomic mass is 9.92. The number of hydrogen-bond acceptors (Lipinski definition) is 4. The van der Waals surface area contributed by atoms with Gasteiger partial charge in [0.15, 0.2) is 5.78 Å². The summed E-state index contributed by atoms with van der Waals surface area (Å²) in [5.74, 6) is 0.334. The van der Waals surface area contributed by atoms with Crippen molar-refractivity contribution in [1.29, 1.82) is 0 Å². The molecule has 0 atom stereocenters. The van der Waals surface area contributed by atoms with Crippen LogP contribution in [0.5, 0.6) is 0 Å². The van der Waals surface area contributed by atoms with E-state index in [0.717, 1.165) is 19.3 Å². The number of hydrogen-bond donors (Lipinski definition) is 1. The van der Waals surface area contributed by atoms with E-state index in [1.165, 1.54) is 0 Å². The fourth-order valence-electron chi connectivity index (χ4n) is 2.27. The van der Waals surface area contributed by atoms with Gasteiger partial charge in [-0.15, -0.1) is 0 Å². The molecular formula is C16H22N2O3. The van der Waals surface area contributed by atoms with E-state index in [9.17, 15) is 9.59 Å². The molecule has 2 rings (SSSR count). The molecule has 1 amide bonds. The molecule has 21 heavy (non-hydrogen) atoms. The Morgan fingerprint density at radius 2 is 2.05 bits per heavy atom. The van der Waals surface area contributed by atoms with Gasteiger partial charge in [0, 0.05) is 11.6 Å². The Morgan fingerprint density at radius 1 is 1.38 bits per heavy atom. The maximum Gasteiger partial charge on any atom is 0.413 e. The van der Waals surface area contributed by atoms with Crippen LogP contribution in [0.25, 0.3) is 0 Å². The molecule has 1 heterocycles.